The predicted molar refractivity (Wildman–Crippen MR) is 123 cm³/mol. The van der Waals surface area contributed by atoms with Crippen LogP contribution < -0.4 is 5.69 Å². The summed E-state index contributed by atoms with van der Waals surface area (Å²) < 4.78 is 30.5. The number of aromatic nitrogens is 2. The Morgan fingerprint density at radius 3 is 2.21 bits per heavy atom. The summed E-state index contributed by atoms with van der Waals surface area (Å²) in [6, 6.07) is 15.4. The molecule has 33 heavy (non-hydrogen) atoms. The third-order valence-corrected chi connectivity index (χ3v) is 7.84. The number of carbonyl (C=O) groups is 1. The number of amides is 1. The van der Waals surface area contributed by atoms with Crippen LogP contribution in [0.4, 0.5) is 0 Å². The first kappa shape index (κ1) is 22.8. The third-order valence-electron chi connectivity index (χ3n) is 5.88. The van der Waals surface area contributed by atoms with Gasteiger partial charge in [0.15, 0.2) is 0 Å². The molecule has 0 atom stereocenters. The van der Waals surface area contributed by atoms with E-state index in [2.05, 4.69) is 0 Å². The quantitative estimate of drug-likeness (QED) is 0.547. The van der Waals surface area contributed by atoms with Gasteiger partial charge in [0.25, 0.3) is 0 Å². The number of rotatable bonds is 6. The molecule has 4 rings (SSSR count). The molecular weight excluding hydrogens is 442 g/mol. The first-order valence-electron chi connectivity index (χ1n) is 10.8. The molecule has 0 aliphatic carbocycles. The number of para-hydroxylation sites is 2. The Hall–Kier alpha value is -3.42. The number of fused-ring (bicyclic) bond motifs is 1. The van der Waals surface area contributed by atoms with Gasteiger partial charge in [-0.25, -0.2) is 13.2 Å². The van der Waals surface area contributed by atoms with E-state index in [1.807, 2.05) is 37.3 Å². The molecule has 172 valence electrons. The number of aryl methyl sites for hydroxylation is 1. The van der Waals surface area contributed by atoms with Crippen molar-refractivity contribution in [2.45, 2.75) is 31.3 Å². The van der Waals surface area contributed by atoms with Gasteiger partial charge >= 0.3 is 5.69 Å². The number of benzene rings is 2. The fourth-order valence-electron chi connectivity index (χ4n) is 4.20. The van der Waals surface area contributed by atoms with Crippen molar-refractivity contribution in [1.29, 1.82) is 5.26 Å². The van der Waals surface area contributed by atoms with Gasteiger partial charge in [-0.15, -0.1) is 0 Å². The maximum Gasteiger partial charge on any atom is 0.329 e. The van der Waals surface area contributed by atoms with E-state index in [0.717, 1.165) is 11.9 Å². The minimum absolute atomic E-state index is 0.0254. The highest BCUT2D eigenvalue weighted by Crippen LogP contribution is 2.21. The lowest BCUT2D eigenvalue weighted by Gasteiger charge is -2.34. The maximum atomic E-state index is 13.0. The Labute approximate surface area is 192 Å². The average Bonchev–Trinajstić information content (AvgIpc) is 3.10. The summed E-state index contributed by atoms with van der Waals surface area (Å²) in [6.45, 7) is 3.15. The number of hydrogen-bond acceptors (Lipinski definition) is 5. The van der Waals surface area contributed by atoms with Gasteiger partial charge in [-0.05, 0) is 30.7 Å². The van der Waals surface area contributed by atoms with Crippen LogP contribution in [-0.2, 0) is 27.9 Å². The van der Waals surface area contributed by atoms with E-state index in [9.17, 15) is 23.3 Å². The summed E-state index contributed by atoms with van der Waals surface area (Å²) >= 11 is 0. The van der Waals surface area contributed by atoms with Crippen molar-refractivity contribution in [3.63, 3.8) is 0 Å². The van der Waals surface area contributed by atoms with Crippen LogP contribution in [0.25, 0.3) is 11.0 Å². The summed E-state index contributed by atoms with van der Waals surface area (Å²) in [5.74, 6) is -0.231. The van der Waals surface area contributed by atoms with Crippen molar-refractivity contribution in [1.82, 2.24) is 18.3 Å². The maximum absolute atomic E-state index is 13.0. The summed E-state index contributed by atoms with van der Waals surface area (Å²) in [4.78, 5) is 27.5. The van der Waals surface area contributed by atoms with Gasteiger partial charge in [-0.1, -0.05) is 31.2 Å². The minimum Gasteiger partial charge on any atom is -0.338 e. The summed E-state index contributed by atoms with van der Waals surface area (Å²) in [5, 5.41) is 9.25. The van der Waals surface area contributed by atoms with Gasteiger partial charge in [0.05, 0.1) is 21.5 Å². The number of nitriles is 1. The lowest BCUT2D eigenvalue weighted by atomic mass is 10.2. The molecule has 0 spiro atoms. The van der Waals surface area contributed by atoms with Crippen LogP contribution in [0.5, 0.6) is 0 Å². The van der Waals surface area contributed by atoms with Crippen LogP contribution in [-0.4, -0.2) is 58.8 Å². The molecule has 9 nitrogen and oxygen atoms in total. The number of sulfonamides is 1. The molecule has 1 aromatic heterocycles. The molecule has 0 unspecified atom stereocenters. The van der Waals surface area contributed by atoms with E-state index >= 15 is 0 Å². The molecule has 2 heterocycles. The van der Waals surface area contributed by atoms with Crippen molar-refractivity contribution in [2.75, 3.05) is 26.2 Å². The number of carbonyl (C=O) groups excluding carboxylic acids is 1. The Balaban J connectivity index is 1.50. The SMILES string of the molecule is CCCn1c(=O)n(CC(=O)N2CCN(S(=O)(=O)c3ccccc3C#N)CC2)c2ccccc21. The highest BCUT2D eigenvalue weighted by atomic mass is 32.2. The Morgan fingerprint density at radius 2 is 1.58 bits per heavy atom. The van der Waals surface area contributed by atoms with Gasteiger partial charge in [-0.3, -0.25) is 13.9 Å². The highest BCUT2D eigenvalue weighted by Gasteiger charge is 2.32. The molecule has 1 saturated heterocycles. The Kier molecular flexibility index (Phi) is 6.35. The molecule has 0 bridgehead atoms. The second-order valence-electron chi connectivity index (χ2n) is 7.90. The van der Waals surface area contributed by atoms with E-state index < -0.39 is 10.0 Å². The monoisotopic (exact) mass is 467 g/mol. The number of hydrogen-bond donors (Lipinski definition) is 0. The Bertz CT molecular complexity index is 1390. The standard InChI is InChI=1S/C23H25N5O4S/c1-2-11-27-19-8-4-5-9-20(19)28(23(27)30)17-22(29)25-12-14-26(15-13-25)33(31,32)21-10-6-3-7-18(21)16-24/h3-10H,2,11-15,17H2,1H3. The van der Waals surface area contributed by atoms with Crippen LogP contribution in [0.2, 0.25) is 0 Å². The van der Waals surface area contributed by atoms with E-state index in [1.54, 1.807) is 21.6 Å². The zero-order chi connectivity index (χ0) is 23.6. The Morgan fingerprint density at radius 1 is 0.970 bits per heavy atom. The first-order valence-corrected chi connectivity index (χ1v) is 12.3. The van der Waals surface area contributed by atoms with Crippen LogP contribution in [0, 0.1) is 11.3 Å². The highest BCUT2D eigenvalue weighted by molar-refractivity contribution is 7.89. The number of piperazine rings is 1. The van der Waals surface area contributed by atoms with Crippen LogP contribution in [0.15, 0.2) is 58.2 Å². The van der Waals surface area contributed by atoms with Crippen molar-refractivity contribution in [3.8, 4) is 6.07 Å². The van der Waals surface area contributed by atoms with Crippen molar-refractivity contribution in [3.05, 3.63) is 64.6 Å². The summed E-state index contributed by atoms with van der Waals surface area (Å²) in [7, 11) is -3.84. The molecule has 0 saturated carbocycles. The van der Waals surface area contributed by atoms with Gasteiger partial charge in [0.1, 0.15) is 12.6 Å². The molecule has 1 fully saturated rings. The number of imidazole rings is 1. The first-order chi connectivity index (χ1) is 15.9. The fourth-order valence-corrected chi connectivity index (χ4v) is 5.77. The topological polar surface area (TPSA) is 108 Å². The normalized spacial score (nSPS) is 15.0. The molecule has 2 aromatic carbocycles. The second kappa shape index (κ2) is 9.21. The predicted octanol–water partition coefficient (Wildman–Crippen LogP) is 1.62. The zero-order valence-electron chi connectivity index (χ0n) is 18.3. The molecule has 1 aliphatic heterocycles. The average molecular weight is 468 g/mol. The van der Waals surface area contributed by atoms with Crippen LogP contribution in [0.1, 0.15) is 18.9 Å². The molecule has 1 amide bonds. The largest absolute Gasteiger partial charge is 0.338 e. The lowest BCUT2D eigenvalue weighted by Crippen LogP contribution is -2.51. The fraction of sp³-hybridized carbons (Fsp3) is 0.348. The van der Waals surface area contributed by atoms with Crippen molar-refractivity contribution < 1.29 is 13.2 Å². The molecule has 0 radical (unpaired) electrons. The molecule has 10 heteroatoms. The van der Waals surface area contributed by atoms with Gasteiger partial charge in [0.2, 0.25) is 15.9 Å². The zero-order valence-corrected chi connectivity index (χ0v) is 19.2. The lowest BCUT2D eigenvalue weighted by molar-refractivity contribution is -0.133. The second-order valence-corrected chi connectivity index (χ2v) is 9.81. The van der Waals surface area contributed by atoms with Crippen molar-refractivity contribution >= 4 is 27.0 Å². The van der Waals surface area contributed by atoms with E-state index in [1.165, 1.54) is 21.0 Å². The van der Waals surface area contributed by atoms with Gasteiger partial charge in [-0.2, -0.15) is 9.57 Å². The molecule has 1 aliphatic rings. The van der Waals surface area contributed by atoms with E-state index in [4.69, 9.17) is 0 Å². The van der Waals surface area contributed by atoms with Gasteiger partial charge < -0.3 is 4.90 Å². The van der Waals surface area contributed by atoms with Crippen molar-refractivity contribution in [2.24, 2.45) is 0 Å². The van der Waals surface area contributed by atoms with Crippen LogP contribution in [0.3, 0.4) is 0 Å². The molecular formula is C23H25N5O4S. The smallest absolute Gasteiger partial charge is 0.329 e. The minimum atomic E-state index is -3.84. The van der Waals surface area contributed by atoms with E-state index in [0.29, 0.717) is 12.1 Å². The summed E-state index contributed by atoms with van der Waals surface area (Å²) in [5.41, 5.74) is 1.38. The molecule has 0 N–H and O–H groups in total. The third kappa shape index (κ3) is 4.17. The molecule has 3 aromatic rings. The summed E-state index contributed by atoms with van der Waals surface area (Å²) in [6.07, 6.45) is 0.799. The number of nitrogens with zero attached hydrogens (tertiary/aromatic N) is 5. The van der Waals surface area contributed by atoms with E-state index in [-0.39, 0.29) is 54.8 Å². The van der Waals surface area contributed by atoms with Crippen LogP contribution >= 0.6 is 0 Å². The van der Waals surface area contributed by atoms with Gasteiger partial charge in [0, 0.05) is 32.7 Å².